The Labute approximate surface area is 184 Å². The number of nitrogens with zero attached hydrogens (tertiary/aromatic N) is 1. The number of ether oxygens (including phenoxy) is 2. The summed E-state index contributed by atoms with van der Waals surface area (Å²) < 4.78 is 10.5. The lowest BCUT2D eigenvalue weighted by Gasteiger charge is -2.10. The zero-order chi connectivity index (χ0) is 22.6. The van der Waals surface area contributed by atoms with Crippen molar-refractivity contribution in [3.8, 4) is 11.5 Å². The third kappa shape index (κ3) is 8.17. The molecule has 2 aromatic rings. The fraction of sp³-hybridized carbons (Fsp3) is 0.333. The first kappa shape index (κ1) is 24.0. The second-order valence-electron chi connectivity index (χ2n) is 6.39. The van der Waals surface area contributed by atoms with E-state index in [0.29, 0.717) is 36.7 Å². The normalized spacial score (nSPS) is 10.3. The van der Waals surface area contributed by atoms with Crippen molar-refractivity contribution in [1.29, 1.82) is 0 Å². The Morgan fingerprint density at radius 1 is 1.16 bits per heavy atom. The summed E-state index contributed by atoms with van der Waals surface area (Å²) in [5, 5.41) is 5.74. The quantitative estimate of drug-likeness (QED) is 0.253. The number of thioether (sulfide) groups is 1. The van der Waals surface area contributed by atoms with Crippen LogP contribution in [0.5, 0.6) is 11.5 Å². The Morgan fingerprint density at radius 3 is 2.65 bits per heavy atom. The molecule has 0 aliphatic carbocycles. The summed E-state index contributed by atoms with van der Waals surface area (Å²) >= 11 is 1.10. The number of aromatic amines is 1. The predicted molar refractivity (Wildman–Crippen MR) is 119 cm³/mol. The Kier molecular flexibility index (Phi) is 9.63. The molecule has 10 heteroatoms. The minimum Gasteiger partial charge on any atom is -0.493 e. The van der Waals surface area contributed by atoms with Gasteiger partial charge in [0.15, 0.2) is 16.7 Å². The Morgan fingerprint density at radius 2 is 1.94 bits per heavy atom. The number of carbonyl (C=O) groups is 2. The summed E-state index contributed by atoms with van der Waals surface area (Å²) in [7, 11) is 3.15. The molecule has 2 amide bonds. The molecule has 0 saturated carbocycles. The van der Waals surface area contributed by atoms with Gasteiger partial charge in [-0.05, 0) is 24.1 Å². The molecule has 0 unspecified atom stereocenters. The summed E-state index contributed by atoms with van der Waals surface area (Å²) in [6.07, 6.45) is 2.16. The lowest BCUT2D eigenvalue weighted by molar-refractivity contribution is -0.120. The SMILES string of the molecule is C=CCNC(=O)Cc1cc(=O)[nH]c(SCC(=O)NCCc2ccc(OC)c(OC)c2)n1. The van der Waals surface area contributed by atoms with Crippen molar-refractivity contribution in [3.05, 3.63) is 58.5 Å². The lowest BCUT2D eigenvalue weighted by atomic mass is 10.1. The number of hydrogen-bond donors (Lipinski definition) is 3. The number of H-pyrrole nitrogens is 1. The number of amides is 2. The maximum Gasteiger partial charge on any atom is 0.251 e. The highest BCUT2D eigenvalue weighted by atomic mass is 32.2. The highest BCUT2D eigenvalue weighted by Crippen LogP contribution is 2.27. The van der Waals surface area contributed by atoms with Crippen molar-refractivity contribution in [1.82, 2.24) is 20.6 Å². The molecule has 1 aromatic carbocycles. The zero-order valence-corrected chi connectivity index (χ0v) is 18.3. The average Bonchev–Trinajstić information content (AvgIpc) is 2.75. The van der Waals surface area contributed by atoms with Gasteiger partial charge in [0.1, 0.15) is 0 Å². The van der Waals surface area contributed by atoms with Gasteiger partial charge >= 0.3 is 0 Å². The number of methoxy groups -OCH3 is 2. The van der Waals surface area contributed by atoms with Crippen LogP contribution in [0, 0.1) is 0 Å². The van der Waals surface area contributed by atoms with Gasteiger partial charge in [0.25, 0.3) is 5.56 Å². The lowest BCUT2D eigenvalue weighted by Crippen LogP contribution is -2.28. The van der Waals surface area contributed by atoms with Crippen molar-refractivity contribution in [2.24, 2.45) is 0 Å². The summed E-state index contributed by atoms with van der Waals surface area (Å²) in [5.41, 5.74) is 0.957. The summed E-state index contributed by atoms with van der Waals surface area (Å²) in [6, 6.07) is 6.86. The molecule has 31 heavy (non-hydrogen) atoms. The van der Waals surface area contributed by atoms with E-state index in [0.717, 1.165) is 17.3 Å². The minimum atomic E-state index is -0.377. The fourth-order valence-electron chi connectivity index (χ4n) is 2.62. The number of hydrogen-bond acceptors (Lipinski definition) is 7. The number of carbonyl (C=O) groups excluding carboxylic acids is 2. The molecule has 3 N–H and O–H groups in total. The second kappa shape index (κ2) is 12.4. The van der Waals surface area contributed by atoms with Crippen molar-refractivity contribution in [2.75, 3.05) is 33.1 Å². The minimum absolute atomic E-state index is 0.0250. The maximum absolute atomic E-state index is 12.1. The summed E-state index contributed by atoms with van der Waals surface area (Å²) in [5.74, 6) is 0.911. The van der Waals surface area contributed by atoms with Gasteiger partial charge in [-0.25, -0.2) is 4.98 Å². The van der Waals surface area contributed by atoms with Gasteiger partial charge in [0.2, 0.25) is 11.8 Å². The molecule has 0 fully saturated rings. The van der Waals surface area contributed by atoms with E-state index < -0.39 is 0 Å². The van der Waals surface area contributed by atoms with Crippen LogP contribution in [0.4, 0.5) is 0 Å². The molecule has 1 heterocycles. The summed E-state index contributed by atoms with van der Waals surface area (Å²) in [4.78, 5) is 42.5. The van der Waals surface area contributed by atoms with Gasteiger partial charge < -0.3 is 25.1 Å². The zero-order valence-electron chi connectivity index (χ0n) is 17.5. The van der Waals surface area contributed by atoms with E-state index in [4.69, 9.17) is 9.47 Å². The van der Waals surface area contributed by atoms with E-state index in [9.17, 15) is 14.4 Å². The molecule has 0 aliphatic rings. The van der Waals surface area contributed by atoms with E-state index in [-0.39, 0.29) is 34.7 Å². The molecular weight excluding hydrogens is 420 g/mol. The highest BCUT2D eigenvalue weighted by Gasteiger charge is 2.10. The average molecular weight is 447 g/mol. The van der Waals surface area contributed by atoms with Gasteiger partial charge in [-0.15, -0.1) is 6.58 Å². The molecule has 9 nitrogen and oxygen atoms in total. The van der Waals surface area contributed by atoms with Crippen molar-refractivity contribution in [2.45, 2.75) is 18.0 Å². The van der Waals surface area contributed by atoms with Crippen molar-refractivity contribution >= 4 is 23.6 Å². The van der Waals surface area contributed by atoms with E-state index >= 15 is 0 Å². The number of benzene rings is 1. The molecular formula is C21H26N4O5S. The number of rotatable bonds is 12. The molecule has 166 valence electrons. The van der Waals surface area contributed by atoms with Crippen LogP contribution in [0.2, 0.25) is 0 Å². The first-order valence-corrected chi connectivity index (χ1v) is 10.5. The Balaban J connectivity index is 1.82. The first-order chi connectivity index (χ1) is 14.9. The first-order valence-electron chi connectivity index (χ1n) is 9.53. The number of aromatic nitrogens is 2. The van der Waals surface area contributed by atoms with Gasteiger partial charge in [0.05, 0.1) is 32.1 Å². The Hall–Kier alpha value is -3.27. The third-order valence-corrected chi connectivity index (χ3v) is 4.96. The standard InChI is InChI=1S/C21H26N4O5S/c1-4-8-22-18(26)11-15-12-19(27)25-21(24-15)31-13-20(28)23-9-7-14-5-6-16(29-2)17(10-14)30-3/h4-6,10,12H,1,7-9,11,13H2,2-3H3,(H,22,26)(H,23,28)(H,24,25,27). The molecule has 2 rings (SSSR count). The summed E-state index contributed by atoms with van der Waals surface area (Å²) in [6.45, 7) is 4.31. The van der Waals surface area contributed by atoms with Crippen LogP contribution in [-0.2, 0) is 22.4 Å². The van der Waals surface area contributed by atoms with Crippen LogP contribution in [0.15, 0.2) is 46.9 Å². The van der Waals surface area contributed by atoms with Gasteiger partial charge in [-0.1, -0.05) is 23.9 Å². The van der Waals surface area contributed by atoms with Gasteiger partial charge in [-0.3, -0.25) is 14.4 Å². The van der Waals surface area contributed by atoms with Crippen LogP contribution in [0.25, 0.3) is 0 Å². The molecule has 0 bridgehead atoms. The molecule has 0 saturated heterocycles. The molecule has 1 aromatic heterocycles. The highest BCUT2D eigenvalue weighted by molar-refractivity contribution is 7.99. The van der Waals surface area contributed by atoms with Crippen molar-refractivity contribution < 1.29 is 19.1 Å². The largest absolute Gasteiger partial charge is 0.493 e. The van der Waals surface area contributed by atoms with E-state index in [2.05, 4.69) is 27.2 Å². The third-order valence-electron chi connectivity index (χ3n) is 4.08. The molecule has 0 atom stereocenters. The monoisotopic (exact) mass is 446 g/mol. The fourth-order valence-corrected chi connectivity index (χ4v) is 3.35. The van der Waals surface area contributed by atoms with Crippen molar-refractivity contribution in [3.63, 3.8) is 0 Å². The van der Waals surface area contributed by atoms with E-state index in [1.165, 1.54) is 6.07 Å². The molecule has 0 aliphatic heterocycles. The predicted octanol–water partition coefficient (Wildman–Crippen LogP) is 1.08. The van der Waals surface area contributed by atoms with Crippen LogP contribution in [0.1, 0.15) is 11.3 Å². The van der Waals surface area contributed by atoms with E-state index in [1.807, 2.05) is 18.2 Å². The molecule has 0 spiro atoms. The maximum atomic E-state index is 12.1. The topological polar surface area (TPSA) is 122 Å². The number of nitrogens with one attached hydrogen (secondary N) is 3. The van der Waals surface area contributed by atoms with Crippen LogP contribution in [0.3, 0.4) is 0 Å². The van der Waals surface area contributed by atoms with Crippen LogP contribution in [-0.4, -0.2) is 54.8 Å². The van der Waals surface area contributed by atoms with Crippen LogP contribution >= 0.6 is 11.8 Å². The Bertz CT molecular complexity index is 976. The van der Waals surface area contributed by atoms with E-state index in [1.54, 1.807) is 20.3 Å². The second-order valence-corrected chi connectivity index (χ2v) is 7.35. The van der Waals surface area contributed by atoms with Gasteiger partial charge in [0, 0.05) is 19.2 Å². The van der Waals surface area contributed by atoms with Crippen LogP contribution < -0.4 is 25.7 Å². The smallest absolute Gasteiger partial charge is 0.251 e. The van der Waals surface area contributed by atoms with Gasteiger partial charge in [-0.2, -0.15) is 0 Å². The molecule has 0 radical (unpaired) electrons.